The number of anilines is 1. The average molecular weight is 317 g/mol. The normalized spacial score (nSPS) is 19.0. The largest absolute Gasteiger partial charge is 0.491 e. The Kier molecular flexibility index (Phi) is 4.69. The first kappa shape index (κ1) is 15.6. The third-order valence-corrected chi connectivity index (χ3v) is 4.19. The van der Waals surface area contributed by atoms with Gasteiger partial charge >= 0.3 is 0 Å². The molecule has 2 aliphatic heterocycles. The van der Waals surface area contributed by atoms with Gasteiger partial charge in [0.25, 0.3) is 5.91 Å². The Bertz CT molecular complexity index is 615. The molecule has 6 nitrogen and oxygen atoms in total. The van der Waals surface area contributed by atoms with Crippen LogP contribution in [0.2, 0.25) is 0 Å². The van der Waals surface area contributed by atoms with E-state index < -0.39 is 0 Å². The molecule has 0 unspecified atom stereocenters. The summed E-state index contributed by atoms with van der Waals surface area (Å²) in [4.78, 5) is 21.1. The summed E-state index contributed by atoms with van der Waals surface area (Å²) in [5, 5.41) is 0. The molecule has 0 N–H and O–H groups in total. The molecule has 1 aromatic rings. The summed E-state index contributed by atoms with van der Waals surface area (Å²) in [6, 6.07) is 4.11. The van der Waals surface area contributed by atoms with Gasteiger partial charge in [0.1, 0.15) is 19.0 Å². The third kappa shape index (κ3) is 3.57. The number of hydrogen-bond acceptors (Lipinski definition) is 5. The van der Waals surface area contributed by atoms with Gasteiger partial charge < -0.3 is 19.3 Å². The number of carbonyl (C=O) groups excluding carboxylic acids is 1. The number of nitrogens with zero attached hydrogens (tertiary/aromatic N) is 3. The molecular formula is C17H23N3O3. The average Bonchev–Trinajstić information content (AvgIpc) is 2.81. The van der Waals surface area contributed by atoms with Gasteiger partial charge in [-0.15, -0.1) is 0 Å². The van der Waals surface area contributed by atoms with E-state index in [9.17, 15) is 4.79 Å². The minimum atomic E-state index is -0.0602. The molecule has 1 saturated heterocycles. The monoisotopic (exact) mass is 317 g/mol. The van der Waals surface area contributed by atoms with Crippen LogP contribution in [0, 0.1) is 6.92 Å². The highest BCUT2D eigenvalue weighted by Gasteiger charge is 2.27. The fourth-order valence-corrected chi connectivity index (χ4v) is 2.97. The number of amides is 1. The van der Waals surface area contributed by atoms with E-state index in [2.05, 4.69) is 16.0 Å². The van der Waals surface area contributed by atoms with E-state index in [0.717, 1.165) is 31.7 Å². The number of rotatable bonds is 2. The molecule has 1 aromatic heterocycles. The zero-order valence-electron chi connectivity index (χ0n) is 13.7. The van der Waals surface area contributed by atoms with E-state index in [0.29, 0.717) is 31.3 Å². The summed E-state index contributed by atoms with van der Waals surface area (Å²) < 4.78 is 10.9. The Morgan fingerprint density at radius 2 is 1.96 bits per heavy atom. The van der Waals surface area contributed by atoms with E-state index in [1.54, 1.807) is 6.92 Å². The minimum absolute atomic E-state index is 0.0602. The first-order valence-corrected chi connectivity index (χ1v) is 8.08. The van der Waals surface area contributed by atoms with Crippen LogP contribution in [0.15, 0.2) is 29.8 Å². The molecule has 2 aliphatic rings. The Morgan fingerprint density at radius 1 is 1.13 bits per heavy atom. The number of ether oxygens (including phenoxy) is 2. The van der Waals surface area contributed by atoms with Crippen molar-refractivity contribution in [2.24, 2.45) is 0 Å². The Hall–Kier alpha value is -2.24. The van der Waals surface area contributed by atoms with E-state index >= 15 is 0 Å². The van der Waals surface area contributed by atoms with Gasteiger partial charge in [0.2, 0.25) is 5.76 Å². The van der Waals surface area contributed by atoms with Crippen molar-refractivity contribution in [1.29, 1.82) is 0 Å². The maximum atomic E-state index is 12.6. The van der Waals surface area contributed by atoms with Crippen molar-refractivity contribution < 1.29 is 14.3 Å². The molecular weight excluding hydrogens is 294 g/mol. The van der Waals surface area contributed by atoms with Crippen LogP contribution in [0.3, 0.4) is 0 Å². The van der Waals surface area contributed by atoms with E-state index in [-0.39, 0.29) is 5.91 Å². The second-order valence-electron chi connectivity index (χ2n) is 5.87. The molecule has 0 bridgehead atoms. The van der Waals surface area contributed by atoms with Crippen molar-refractivity contribution in [2.75, 3.05) is 44.3 Å². The van der Waals surface area contributed by atoms with Gasteiger partial charge in [-0.05, 0) is 32.4 Å². The van der Waals surface area contributed by atoms with E-state index in [1.165, 1.54) is 5.69 Å². The number of allylic oxidation sites excluding steroid dienone is 1. The molecule has 0 radical (unpaired) electrons. The first-order chi connectivity index (χ1) is 11.1. The maximum Gasteiger partial charge on any atom is 0.292 e. The lowest BCUT2D eigenvalue weighted by molar-refractivity contribution is -0.132. The Labute approximate surface area is 136 Å². The number of aryl methyl sites for hydroxylation is 1. The highest BCUT2D eigenvalue weighted by atomic mass is 16.6. The molecule has 1 amide bonds. The second kappa shape index (κ2) is 6.89. The van der Waals surface area contributed by atoms with Gasteiger partial charge in [0.05, 0.1) is 0 Å². The topological polar surface area (TPSA) is 54.9 Å². The quantitative estimate of drug-likeness (QED) is 0.831. The van der Waals surface area contributed by atoms with Gasteiger partial charge in [0, 0.05) is 43.8 Å². The Morgan fingerprint density at radius 3 is 2.74 bits per heavy atom. The fourth-order valence-electron chi connectivity index (χ4n) is 2.97. The highest BCUT2D eigenvalue weighted by Crippen LogP contribution is 2.20. The van der Waals surface area contributed by atoms with Crippen LogP contribution in [0.5, 0.6) is 0 Å². The molecule has 0 aliphatic carbocycles. The second-order valence-corrected chi connectivity index (χ2v) is 5.87. The minimum Gasteiger partial charge on any atom is -0.491 e. The molecule has 1 fully saturated rings. The van der Waals surface area contributed by atoms with Crippen LogP contribution in [0.25, 0.3) is 0 Å². The number of hydrogen-bond donors (Lipinski definition) is 0. The van der Waals surface area contributed by atoms with Crippen molar-refractivity contribution in [3.8, 4) is 0 Å². The summed E-state index contributed by atoms with van der Waals surface area (Å²) >= 11 is 0. The molecule has 23 heavy (non-hydrogen) atoms. The standard InChI is InChI=1S/C17H23N3O3/c1-13-12-15(4-5-18-13)19-6-3-7-20(9-8-19)17(21)16-14(2)22-10-11-23-16/h4-5,12H,3,6-11H2,1-2H3. The van der Waals surface area contributed by atoms with Crippen LogP contribution >= 0.6 is 0 Å². The van der Waals surface area contributed by atoms with Gasteiger partial charge in [-0.3, -0.25) is 9.78 Å². The molecule has 3 heterocycles. The number of aromatic nitrogens is 1. The van der Waals surface area contributed by atoms with Crippen molar-refractivity contribution in [3.05, 3.63) is 35.5 Å². The summed E-state index contributed by atoms with van der Waals surface area (Å²) in [5.74, 6) is 0.895. The summed E-state index contributed by atoms with van der Waals surface area (Å²) in [6.07, 6.45) is 2.76. The summed E-state index contributed by atoms with van der Waals surface area (Å²) in [7, 11) is 0. The zero-order valence-corrected chi connectivity index (χ0v) is 13.7. The summed E-state index contributed by atoms with van der Waals surface area (Å²) in [5.41, 5.74) is 2.17. The van der Waals surface area contributed by atoms with Crippen LogP contribution in [-0.2, 0) is 14.3 Å². The fraction of sp³-hybridized carbons (Fsp3) is 0.529. The zero-order chi connectivity index (χ0) is 16.2. The van der Waals surface area contributed by atoms with Gasteiger partial charge in [-0.25, -0.2) is 0 Å². The van der Waals surface area contributed by atoms with Crippen molar-refractivity contribution in [3.63, 3.8) is 0 Å². The smallest absolute Gasteiger partial charge is 0.292 e. The van der Waals surface area contributed by atoms with Crippen molar-refractivity contribution in [1.82, 2.24) is 9.88 Å². The summed E-state index contributed by atoms with van der Waals surface area (Å²) in [6.45, 7) is 7.89. The van der Waals surface area contributed by atoms with Crippen molar-refractivity contribution >= 4 is 11.6 Å². The maximum absolute atomic E-state index is 12.6. The van der Waals surface area contributed by atoms with Gasteiger partial charge in [-0.2, -0.15) is 0 Å². The van der Waals surface area contributed by atoms with Gasteiger partial charge in [-0.1, -0.05) is 0 Å². The van der Waals surface area contributed by atoms with Crippen LogP contribution in [0.1, 0.15) is 19.0 Å². The Balaban J connectivity index is 1.68. The van der Waals surface area contributed by atoms with Crippen LogP contribution in [0.4, 0.5) is 5.69 Å². The third-order valence-electron chi connectivity index (χ3n) is 4.19. The molecule has 0 spiro atoms. The number of pyridine rings is 1. The molecule has 0 saturated carbocycles. The lowest BCUT2D eigenvalue weighted by Gasteiger charge is -2.26. The van der Waals surface area contributed by atoms with Crippen LogP contribution < -0.4 is 4.90 Å². The molecule has 0 atom stereocenters. The highest BCUT2D eigenvalue weighted by molar-refractivity contribution is 5.92. The first-order valence-electron chi connectivity index (χ1n) is 8.08. The molecule has 3 rings (SSSR count). The lowest BCUT2D eigenvalue weighted by Crippen LogP contribution is -2.38. The van der Waals surface area contributed by atoms with Gasteiger partial charge in [0.15, 0.2) is 0 Å². The predicted molar refractivity (Wildman–Crippen MR) is 87.0 cm³/mol. The SMILES string of the molecule is CC1=C(C(=O)N2CCCN(c3ccnc(C)c3)CC2)OCCO1. The molecule has 124 valence electrons. The lowest BCUT2D eigenvalue weighted by atomic mass is 10.3. The molecule has 6 heteroatoms. The molecule has 0 aromatic carbocycles. The van der Waals surface area contributed by atoms with E-state index in [1.807, 2.05) is 24.1 Å². The van der Waals surface area contributed by atoms with Crippen molar-refractivity contribution in [2.45, 2.75) is 20.3 Å². The predicted octanol–water partition coefficient (Wildman–Crippen LogP) is 1.71. The van der Waals surface area contributed by atoms with Crippen LogP contribution in [-0.4, -0.2) is 55.2 Å². The number of carbonyl (C=O) groups is 1. The van der Waals surface area contributed by atoms with E-state index in [4.69, 9.17) is 9.47 Å².